The molecule has 6 heteroatoms. The van der Waals surface area contributed by atoms with Crippen LogP contribution in [0.3, 0.4) is 0 Å². The molecule has 0 fully saturated rings. The molecule has 1 aromatic heterocycles. The molecule has 0 saturated carbocycles. The van der Waals surface area contributed by atoms with Crippen molar-refractivity contribution in [2.75, 3.05) is 12.4 Å². The number of aromatic nitrogens is 1. The predicted octanol–water partition coefficient (Wildman–Crippen LogP) is 5.19. The minimum atomic E-state index is -0.443. The molecule has 0 radical (unpaired) electrons. The number of hydrogen-bond donors (Lipinski definition) is 1. The first kappa shape index (κ1) is 19.3. The zero-order valence-corrected chi connectivity index (χ0v) is 16.6. The molecule has 0 amide bonds. The molecule has 2 aromatic carbocycles. The Morgan fingerprint density at radius 1 is 1.25 bits per heavy atom. The number of nitrogens with zero attached hydrogens (tertiary/aromatic N) is 2. The average molecular weight is 389 g/mol. The van der Waals surface area contributed by atoms with Gasteiger partial charge in [0.05, 0.1) is 24.1 Å². The van der Waals surface area contributed by atoms with Crippen LogP contribution in [0.1, 0.15) is 26.5 Å². The Bertz CT molecular complexity index is 1090. The normalized spacial score (nSPS) is 11.0. The summed E-state index contributed by atoms with van der Waals surface area (Å²) < 4.78 is 4.79. The van der Waals surface area contributed by atoms with Gasteiger partial charge in [-0.1, -0.05) is 35.9 Å². The van der Waals surface area contributed by atoms with Gasteiger partial charge >= 0.3 is 5.97 Å². The van der Waals surface area contributed by atoms with Gasteiger partial charge in [0.25, 0.3) is 0 Å². The van der Waals surface area contributed by atoms with Crippen LogP contribution in [0.25, 0.3) is 16.8 Å². The minimum Gasteiger partial charge on any atom is -0.465 e. The first-order valence-corrected chi connectivity index (χ1v) is 9.49. The molecule has 3 rings (SSSR count). The van der Waals surface area contributed by atoms with E-state index in [1.165, 1.54) is 24.0 Å². The third kappa shape index (κ3) is 4.11. The molecule has 0 aliphatic carbocycles. The van der Waals surface area contributed by atoms with Gasteiger partial charge in [0.2, 0.25) is 0 Å². The quantitative estimate of drug-likeness (QED) is 0.480. The zero-order valence-electron chi connectivity index (χ0n) is 15.8. The molecule has 0 atom stereocenters. The number of methoxy groups -OCH3 is 1. The van der Waals surface area contributed by atoms with Crippen molar-refractivity contribution in [2.24, 2.45) is 0 Å². The van der Waals surface area contributed by atoms with Gasteiger partial charge in [0.1, 0.15) is 16.6 Å². The van der Waals surface area contributed by atoms with Crippen LogP contribution < -0.4 is 5.32 Å². The summed E-state index contributed by atoms with van der Waals surface area (Å²) in [4.78, 5) is 16.5. The molecule has 0 bridgehead atoms. The van der Waals surface area contributed by atoms with E-state index in [0.29, 0.717) is 21.8 Å². The van der Waals surface area contributed by atoms with E-state index < -0.39 is 5.97 Å². The first-order chi connectivity index (χ1) is 13.5. The smallest absolute Gasteiger partial charge is 0.339 e. The van der Waals surface area contributed by atoms with Gasteiger partial charge in [-0.15, -0.1) is 11.3 Å². The molecule has 28 heavy (non-hydrogen) atoms. The van der Waals surface area contributed by atoms with E-state index in [-0.39, 0.29) is 0 Å². The summed E-state index contributed by atoms with van der Waals surface area (Å²) in [5, 5.41) is 15.2. The molecule has 1 N–H and O–H groups in total. The third-order valence-corrected chi connectivity index (χ3v) is 5.09. The maximum Gasteiger partial charge on any atom is 0.339 e. The van der Waals surface area contributed by atoms with Gasteiger partial charge in [-0.2, -0.15) is 5.26 Å². The lowest BCUT2D eigenvalue weighted by Gasteiger charge is -2.07. The van der Waals surface area contributed by atoms with Gasteiger partial charge in [-0.25, -0.2) is 9.78 Å². The van der Waals surface area contributed by atoms with Gasteiger partial charge < -0.3 is 10.1 Å². The number of ether oxygens (including phenoxy) is 1. The van der Waals surface area contributed by atoms with Crippen molar-refractivity contribution in [1.82, 2.24) is 4.98 Å². The number of anilines is 1. The molecule has 1 heterocycles. The summed E-state index contributed by atoms with van der Waals surface area (Å²) in [7, 11) is 1.33. The highest BCUT2D eigenvalue weighted by Crippen LogP contribution is 2.29. The van der Waals surface area contributed by atoms with Gasteiger partial charge in [0.15, 0.2) is 0 Å². The summed E-state index contributed by atoms with van der Waals surface area (Å²) in [6.07, 6.45) is 1.56. The lowest BCUT2D eigenvalue weighted by atomic mass is 10.0. The Hall–Kier alpha value is -3.43. The largest absolute Gasteiger partial charge is 0.465 e. The molecule has 3 aromatic rings. The van der Waals surface area contributed by atoms with Gasteiger partial charge in [-0.05, 0) is 31.5 Å². The van der Waals surface area contributed by atoms with Crippen molar-refractivity contribution in [2.45, 2.75) is 13.8 Å². The Kier molecular flexibility index (Phi) is 5.87. The van der Waals surface area contributed by atoms with Crippen molar-refractivity contribution in [1.29, 1.82) is 5.26 Å². The van der Waals surface area contributed by atoms with Crippen LogP contribution in [0.5, 0.6) is 0 Å². The van der Waals surface area contributed by atoms with Crippen LogP contribution in [-0.2, 0) is 4.74 Å². The number of para-hydroxylation sites is 1. The van der Waals surface area contributed by atoms with Gasteiger partial charge in [0, 0.05) is 17.1 Å². The lowest BCUT2D eigenvalue weighted by Crippen LogP contribution is -2.05. The topological polar surface area (TPSA) is 75.0 Å². The van der Waals surface area contributed by atoms with Crippen molar-refractivity contribution in [3.05, 3.63) is 75.7 Å². The molecule has 140 valence electrons. The number of carbonyl (C=O) groups is 1. The van der Waals surface area contributed by atoms with Crippen LogP contribution in [0.2, 0.25) is 0 Å². The number of benzene rings is 2. The van der Waals surface area contributed by atoms with Crippen LogP contribution in [0, 0.1) is 25.2 Å². The number of allylic oxidation sites excluding steroid dienone is 1. The van der Waals surface area contributed by atoms with E-state index in [1.54, 1.807) is 30.5 Å². The Labute approximate surface area is 167 Å². The Morgan fingerprint density at radius 2 is 2.04 bits per heavy atom. The predicted molar refractivity (Wildman–Crippen MR) is 112 cm³/mol. The SMILES string of the molecule is COC(=O)c1ccccc1N/C=C(\C#N)c1nc(-c2ccc(C)cc2C)cs1. The first-order valence-electron chi connectivity index (χ1n) is 8.61. The van der Waals surface area contributed by atoms with Crippen LogP contribution in [0.4, 0.5) is 5.69 Å². The molecule has 0 spiro atoms. The van der Waals surface area contributed by atoms with E-state index >= 15 is 0 Å². The molecule has 5 nitrogen and oxygen atoms in total. The fraction of sp³-hybridized carbons (Fsp3) is 0.136. The highest BCUT2D eigenvalue weighted by molar-refractivity contribution is 7.11. The summed E-state index contributed by atoms with van der Waals surface area (Å²) in [5.74, 6) is -0.443. The minimum absolute atomic E-state index is 0.390. The molecule has 0 unspecified atom stereocenters. The van der Waals surface area contributed by atoms with E-state index in [4.69, 9.17) is 4.74 Å². The number of thiazole rings is 1. The second-order valence-corrected chi connectivity index (χ2v) is 7.07. The fourth-order valence-electron chi connectivity index (χ4n) is 2.81. The highest BCUT2D eigenvalue weighted by atomic mass is 32.1. The fourth-order valence-corrected chi connectivity index (χ4v) is 3.60. The molecule has 0 saturated heterocycles. The van der Waals surface area contributed by atoms with E-state index in [1.807, 2.05) is 24.4 Å². The van der Waals surface area contributed by atoms with E-state index in [2.05, 4.69) is 29.4 Å². The maximum absolute atomic E-state index is 11.9. The molecule has 0 aliphatic heterocycles. The Morgan fingerprint density at radius 3 is 2.75 bits per heavy atom. The maximum atomic E-state index is 11.9. The van der Waals surface area contributed by atoms with Crippen LogP contribution >= 0.6 is 11.3 Å². The highest BCUT2D eigenvalue weighted by Gasteiger charge is 2.13. The average Bonchev–Trinajstić information content (AvgIpc) is 3.18. The summed E-state index contributed by atoms with van der Waals surface area (Å²) >= 11 is 1.41. The summed E-state index contributed by atoms with van der Waals surface area (Å²) in [6, 6.07) is 15.3. The van der Waals surface area contributed by atoms with Crippen molar-refractivity contribution in [3.63, 3.8) is 0 Å². The number of hydrogen-bond acceptors (Lipinski definition) is 6. The standard InChI is InChI=1S/C22H19N3O2S/c1-14-8-9-17(15(2)10-14)20-13-28-21(25-20)16(11-23)12-24-19-7-5-4-6-18(19)22(26)27-3/h4-10,12-13,24H,1-3H3/b16-12+. The lowest BCUT2D eigenvalue weighted by molar-refractivity contribution is 0.0602. The molecular weight excluding hydrogens is 370 g/mol. The number of nitriles is 1. The van der Waals surface area contributed by atoms with Crippen molar-refractivity contribution >= 4 is 28.6 Å². The number of esters is 1. The van der Waals surface area contributed by atoms with Gasteiger partial charge in [-0.3, -0.25) is 0 Å². The second kappa shape index (κ2) is 8.51. The summed E-state index contributed by atoms with van der Waals surface area (Å²) in [5.41, 5.74) is 5.58. The Balaban J connectivity index is 1.88. The van der Waals surface area contributed by atoms with E-state index in [0.717, 1.165) is 16.8 Å². The number of rotatable bonds is 5. The number of nitrogens with one attached hydrogen (secondary N) is 1. The van der Waals surface area contributed by atoms with Crippen molar-refractivity contribution < 1.29 is 9.53 Å². The summed E-state index contributed by atoms with van der Waals surface area (Å²) in [6.45, 7) is 4.10. The zero-order chi connectivity index (χ0) is 20.1. The number of carbonyl (C=O) groups excluding carboxylic acids is 1. The molecule has 0 aliphatic rings. The monoisotopic (exact) mass is 389 g/mol. The van der Waals surface area contributed by atoms with Crippen molar-refractivity contribution in [3.8, 4) is 17.3 Å². The second-order valence-electron chi connectivity index (χ2n) is 6.21. The van der Waals surface area contributed by atoms with Crippen LogP contribution in [0.15, 0.2) is 54.0 Å². The van der Waals surface area contributed by atoms with Crippen LogP contribution in [-0.4, -0.2) is 18.1 Å². The molecular formula is C22H19N3O2S. The number of aryl methyl sites for hydroxylation is 2. The van der Waals surface area contributed by atoms with E-state index in [9.17, 15) is 10.1 Å². The third-order valence-electron chi connectivity index (χ3n) is 4.22.